The molecule has 0 aliphatic heterocycles. The van der Waals surface area contributed by atoms with Gasteiger partial charge in [-0.1, -0.05) is 42.5 Å². The fourth-order valence-electron chi connectivity index (χ4n) is 1.50. The van der Waals surface area contributed by atoms with E-state index in [2.05, 4.69) is 18.7 Å². The van der Waals surface area contributed by atoms with E-state index in [0.29, 0.717) is 5.69 Å². The van der Waals surface area contributed by atoms with Crippen molar-refractivity contribution in [3.8, 4) is 0 Å². The van der Waals surface area contributed by atoms with Crippen molar-refractivity contribution < 1.29 is 4.92 Å². The van der Waals surface area contributed by atoms with Crippen molar-refractivity contribution in [3.63, 3.8) is 0 Å². The van der Waals surface area contributed by atoms with E-state index >= 15 is 0 Å². The van der Waals surface area contributed by atoms with Crippen LogP contribution in [0.1, 0.15) is 18.1 Å². The number of nitro groups is 1. The van der Waals surface area contributed by atoms with Gasteiger partial charge in [0.15, 0.2) is 0 Å². The lowest BCUT2D eigenvalue weighted by molar-refractivity contribution is -0.384. The van der Waals surface area contributed by atoms with Crippen LogP contribution in [-0.2, 0) is 0 Å². The number of benzene rings is 2. The Bertz CT molecular complexity index is 607. The van der Waals surface area contributed by atoms with Gasteiger partial charge < -0.3 is 5.73 Å². The molecule has 4 heteroatoms. The molecule has 0 aliphatic rings. The Balaban J connectivity index is 0.000000204. The molecule has 0 atom stereocenters. The van der Waals surface area contributed by atoms with Crippen LogP contribution in [0, 0.1) is 17.0 Å². The summed E-state index contributed by atoms with van der Waals surface area (Å²) in [6.07, 6.45) is 0. The normalized spacial score (nSPS) is 9.30. The first-order valence-electron chi connectivity index (χ1n) is 6.13. The van der Waals surface area contributed by atoms with E-state index in [-0.39, 0.29) is 5.69 Å². The highest BCUT2D eigenvalue weighted by molar-refractivity contribution is 5.60. The van der Waals surface area contributed by atoms with Crippen LogP contribution in [0.15, 0.2) is 55.1 Å². The Labute approximate surface area is 118 Å². The van der Waals surface area contributed by atoms with Crippen molar-refractivity contribution >= 4 is 16.9 Å². The van der Waals surface area contributed by atoms with Crippen LogP contribution >= 0.6 is 0 Å². The lowest BCUT2D eigenvalue weighted by Crippen LogP contribution is -1.92. The lowest BCUT2D eigenvalue weighted by atomic mass is 10.1. The average Bonchev–Trinajstić information content (AvgIpc) is 2.43. The zero-order valence-corrected chi connectivity index (χ0v) is 11.7. The van der Waals surface area contributed by atoms with Crippen LogP contribution < -0.4 is 5.73 Å². The zero-order valence-electron chi connectivity index (χ0n) is 11.7. The van der Waals surface area contributed by atoms with Crippen molar-refractivity contribution in [2.75, 3.05) is 5.73 Å². The summed E-state index contributed by atoms with van der Waals surface area (Å²) in [5.74, 6) is 0. The molecule has 0 heterocycles. The van der Waals surface area contributed by atoms with E-state index < -0.39 is 4.92 Å². The standard InChI is InChI=1S/C9H10.C7H8N2O2/c1-8(2)9-6-4-3-5-7-9;1-5-4-6(9(10)11)2-3-7(5)8/h3-7H,1H2,2H3;2-4H,8H2,1H3. The predicted octanol–water partition coefficient (Wildman–Crippen LogP) is 4.21. The monoisotopic (exact) mass is 270 g/mol. The van der Waals surface area contributed by atoms with E-state index in [0.717, 1.165) is 11.1 Å². The number of nitro benzene ring substituents is 1. The number of nitrogens with zero attached hydrogens (tertiary/aromatic N) is 1. The molecule has 0 radical (unpaired) electrons. The molecule has 0 fully saturated rings. The van der Waals surface area contributed by atoms with Crippen molar-refractivity contribution in [1.82, 2.24) is 0 Å². The first-order chi connectivity index (χ1) is 9.41. The number of non-ortho nitro benzene ring substituents is 1. The number of hydrogen-bond acceptors (Lipinski definition) is 3. The summed E-state index contributed by atoms with van der Waals surface area (Å²) in [5.41, 5.74) is 9.20. The molecule has 0 saturated heterocycles. The minimum absolute atomic E-state index is 0.0803. The molecular weight excluding hydrogens is 252 g/mol. The van der Waals surface area contributed by atoms with Gasteiger partial charge in [0.25, 0.3) is 5.69 Å². The second-order valence-corrected chi connectivity index (χ2v) is 4.44. The van der Waals surface area contributed by atoms with Crippen LogP contribution in [0.3, 0.4) is 0 Å². The fraction of sp³-hybridized carbons (Fsp3) is 0.125. The quantitative estimate of drug-likeness (QED) is 0.505. The van der Waals surface area contributed by atoms with Gasteiger partial charge in [-0.3, -0.25) is 10.1 Å². The molecule has 104 valence electrons. The molecule has 0 spiro atoms. The first kappa shape index (κ1) is 15.4. The maximum absolute atomic E-state index is 10.2. The number of nitrogens with two attached hydrogens (primary N) is 1. The summed E-state index contributed by atoms with van der Waals surface area (Å²) >= 11 is 0. The number of anilines is 1. The molecule has 2 aromatic carbocycles. The van der Waals surface area contributed by atoms with Crippen LogP contribution in [0.2, 0.25) is 0 Å². The Morgan fingerprint density at radius 2 is 1.80 bits per heavy atom. The van der Waals surface area contributed by atoms with Crippen LogP contribution in [0.4, 0.5) is 11.4 Å². The van der Waals surface area contributed by atoms with E-state index in [1.54, 1.807) is 6.92 Å². The average molecular weight is 270 g/mol. The fourth-order valence-corrected chi connectivity index (χ4v) is 1.50. The van der Waals surface area contributed by atoms with Gasteiger partial charge in [-0.2, -0.15) is 0 Å². The third-order valence-corrected chi connectivity index (χ3v) is 2.73. The van der Waals surface area contributed by atoms with Crippen LogP contribution in [-0.4, -0.2) is 4.92 Å². The summed E-state index contributed by atoms with van der Waals surface area (Å²) < 4.78 is 0. The van der Waals surface area contributed by atoms with Gasteiger partial charge in [0, 0.05) is 17.8 Å². The third-order valence-electron chi connectivity index (χ3n) is 2.73. The Morgan fingerprint density at radius 3 is 2.20 bits per heavy atom. The molecule has 0 amide bonds. The van der Waals surface area contributed by atoms with E-state index in [4.69, 9.17) is 5.73 Å². The van der Waals surface area contributed by atoms with Crippen LogP contribution in [0.5, 0.6) is 0 Å². The van der Waals surface area contributed by atoms with Gasteiger partial charge in [-0.15, -0.1) is 0 Å². The summed E-state index contributed by atoms with van der Waals surface area (Å²) in [7, 11) is 0. The molecule has 2 rings (SSSR count). The molecule has 2 aromatic rings. The summed E-state index contributed by atoms with van der Waals surface area (Å²) in [5, 5.41) is 10.2. The molecule has 2 N–H and O–H groups in total. The van der Waals surface area contributed by atoms with Gasteiger partial charge in [0.2, 0.25) is 0 Å². The summed E-state index contributed by atoms with van der Waals surface area (Å²) in [4.78, 5) is 9.79. The molecule has 0 bridgehead atoms. The van der Waals surface area contributed by atoms with Crippen LogP contribution in [0.25, 0.3) is 5.57 Å². The Morgan fingerprint density at radius 1 is 1.20 bits per heavy atom. The number of aryl methyl sites for hydroxylation is 1. The zero-order chi connectivity index (χ0) is 15.1. The summed E-state index contributed by atoms with van der Waals surface area (Å²) in [6, 6.07) is 14.5. The van der Waals surface area contributed by atoms with Gasteiger partial charge in [0.1, 0.15) is 0 Å². The summed E-state index contributed by atoms with van der Waals surface area (Å²) in [6.45, 7) is 7.57. The number of rotatable bonds is 2. The van der Waals surface area contributed by atoms with E-state index in [9.17, 15) is 10.1 Å². The van der Waals surface area contributed by atoms with Crippen molar-refractivity contribution in [2.45, 2.75) is 13.8 Å². The molecule has 0 unspecified atom stereocenters. The highest BCUT2D eigenvalue weighted by Crippen LogP contribution is 2.17. The second kappa shape index (κ2) is 7.09. The molecule has 0 aromatic heterocycles. The van der Waals surface area contributed by atoms with E-state index in [1.807, 2.05) is 25.1 Å². The van der Waals surface area contributed by atoms with E-state index in [1.165, 1.54) is 23.8 Å². The number of allylic oxidation sites excluding steroid dienone is 1. The third kappa shape index (κ3) is 4.57. The van der Waals surface area contributed by atoms with Crippen molar-refractivity contribution in [1.29, 1.82) is 0 Å². The molecule has 4 nitrogen and oxygen atoms in total. The second-order valence-electron chi connectivity index (χ2n) is 4.44. The SMILES string of the molecule is C=C(C)c1ccccc1.Cc1cc([N+](=O)[O-])ccc1N. The topological polar surface area (TPSA) is 69.2 Å². The Kier molecular flexibility index (Phi) is 5.47. The molecule has 20 heavy (non-hydrogen) atoms. The minimum Gasteiger partial charge on any atom is -0.399 e. The number of hydrogen-bond donors (Lipinski definition) is 1. The first-order valence-corrected chi connectivity index (χ1v) is 6.13. The maximum Gasteiger partial charge on any atom is 0.269 e. The predicted molar refractivity (Wildman–Crippen MR) is 83.4 cm³/mol. The molecule has 0 aliphatic carbocycles. The molecular formula is C16H18N2O2. The minimum atomic E-state index is -0.438. The van der Waals surface area contributed by atoms with Gasteiger partial charge in [0.05, 0.1) is 4.92 Å². The van der Waals surface area contributed by atoms with Gasteiger partial charge in [-0.25, -0.2) is 0 Å². The van der Waals surface area contributed by atoms with Gasteiger partial charge >= 0.3 is 0 Å². The highest BCUT2D eigenvalue weighted by atomic mass is 16.6. The lowest BCUT2D eigenvalue weighted by Gasteiger charge is -1.97. The maximum atomic E-state index is 10.2. The van der Waals surface area contributed by atoms with Gasteiger partial charge in [-0.05, 0) is 31.0 Å². The number of nitrogen functional groups attached to an aromatic ring is 1. The highest BCUT2D eigenvalue weighted by Gasteiger charge is 2.05. The molecule has 0 saturated carbocycles. The smallest absolute Gasteiger partial charge is 0.269 e. The Hall–Kier alpha value is -2.62. The van der Waals surface area contributed by atoms with Crippen molar-refractivity contribution in [2.24, 2.45) is 0 Å². The largest absolute Gasteiger partial charge is 0.399 e. The van der Waals surface area contributed by atoms with Crippen molar-refractivity contribution in [3.05, 3.63) is 76.4 Å².